The van der Waals surface area contributed by atoms with Crippen molar-refractivity contribution in [2.45, 2.75) is 44.0 Å². The normalized spacial score (nSPS) is 24.7. The molecular weight excluding hydrogens is 252 g/mol. The van der Waals surface area contributed by atoms with Crippen LogP contribution in [0.5, 0.6) is 5.75 Å². The van der Waals surface area contributed by atoms with Crippen molar-refractivity contribution < 1.29 is 14.2 Å². The highest BCUT2D eigenvalue weighted by atomic mass is 16.7. The molecule has 1 saturated carbocycles. The maximum Gasteiger partial charge on any atom is 0.172 e. The van der Waals surface area contributed by atoms with E-state index in [1.54, 1.807) is 0 Å². The van der Waals surface area contributed by atoms with Gasteiger partial charge in [0.15, 0.2) is 5.79 Å². The van der Waals surface area contributed by atoms with E-state index in [4.69, 9.17) is 14.2 Å². The van der Waals surface area contributed by atoms with Crippen LogP contribution < -0.4 is 4.74 Å². The molecule has 1 spiro atoms. The van der Waals surface area contributed by atoms with Crippen LogP contribution in [-0.4, -0.2) is 25.1 Å². The minimum Gasteiger partial charge on any atom is -0.490 e. The summed E-state index contributed by atoms with van der Waals surface area (Å²) < 4.78 is 17.3. The third-order valence-corrected chi connectivity index (χ3v) is 4.30. The minimum absolute atomic E-state index is 0.321. The molecule has 0 unspecified atom stereocenters. The fourth-order valence-electron chi connectivity index (χ4n) is 2.96. The van der Waals surface area contributed by atoms with Gasteiger partial charge >= 0.3 is 0 Å². The van der Waals surface area contributed by atoms with Crippen molar-refractivity contribution in [3.63, 3.8) is 0 Å². The van der Waals surface area contributed by atoms with Gasteiger partial charge in [-0.25, -0.2) is 0 Å². The van der Waals surface area contributed by atoms with Crippen molar-refractivity contribution in [2.24, 2.45) is 0 Å². The first-order valence-corrected chi connectivity index (χ1v) is 7.57. The van der Waals surface area contributed by atoms with Crippen LogP contribution in [0.3, 0.4) is 0 Å². The van der Waals surface area contributed by atoms with Crippen molar-refractivity contribution in [1.29, 1.82) is 0 Å². The van der Waals surface area contributed by atoms with Gasteiger partial charge in [0.25, 0.3) is 0 Å². The summed E-state index contributed by atoms with van der Waals surface area (Å²) in [6, 6.07) is 8.50. The lowest BCUT2D eigenvalue weighted by molar-refractivity contribution is -0.159. The number of rotatable bonds is 3. The molecule has 4 rings (SSSR count). The molecule has 0 aromatic heterocycles. The Morgan fingerprint density at radius 2 is 1.80 bits per heavy atom. The molecule has 3 heteroatoms. The van der Waals surface area contributed by atoms with Gasteiger partial charge in [0, 0.05) is 12.8 Å². The molecule has 1 heterocycles. The van der Waals surface area contributed by atoms with Gasteiger partial charge in [-0.3, -0.25) is 0 Å². The molecule has 0 amide bonds. The smallest absolute Gasteiger partial charge is 0.172 e. The number of benzene rings is 1. The molecule has 2 fully saturated rings. The lowest BCUT2D eigenvalue weighted by Gasteiger charge is -2.30. The number of allylic oxidation sites excluding steroid dienone is 1. The van der Waals surface area contributed by atoms with Crippen LogP contribution in [0.1, 0.15) is 37.7 Å². The zero-order valence-corrected chi connectivity index (χ0v) is 11.6. The Labute approximate surface area is 119 Å². The number of hydrogen-bond acceptors (Lipinski definition) is 3. The van der Waals surface area contributed by atoms with Gasteiger partial charge in [-0.05, 0) is 42.5 Å². The molecule has 1 saturated heterocycles. The summed E-state index contributed by atoms with van der Waals surface area (Å²) in [4.78, 5) is 0. The second kappa shape index (κ2) is 4.90. The fraction of sp³-hybridized carbons (Fsp3) is 0.529. The van der Waals surface area contributed by atoms with E-state index in [0.29, 0.717) is 6.10 Å². The summed E-state index contributed by atoms with van der Waals surface area (Å²) in [5.41, 5.74) is 2.69. The van der Waals surface area contributed by atoms with Crippen molar-refractivity contribution in [2.75, 3.05) is 13.2 Å². The molecule has 0 atom stereocenters. The van der Waals surface area contributed by atoms with Gasteiger partial charge in [-0.1, -0.05) is 18.2 Å². The van der Waals surface area contributed by atoms with E-state index in [1.165, 1.54) is 24.0 Å². The second-order valence-electron chi connectivity index (χ2n) is 5.88. The maximum absolute atomic E-state index is 5.78. The summed E-state index contributed by atoms with van der Waals surface area (Å²) >= 11 is 0. The quantitative estimate of drug-likeness (QED) is 0.842. The van der Waals surface area contributed by atoms with Crippen LogP contribution in [0.2, 0.25) is 0 Å². The predicted octanol–water partition coefficient (Wildman–Crippen LogP) is 3.54. The molecule has 0 bridgehead atoms. The molecule has 3 nitrogen and oxygen atoms in total. The summed E-state index contributed by atoms with van der Waals surface area (Å²) in [5.74, 6) is 0.671. The van der Waals surface area contributed by atoms with E-state index < -0.39 is 0 Å². The van der Waals surface area contributed by atoms with Crippen molar-refractivity contribution >= 4 is 5.57 Å². The number of ether oxygens (including phenoxy) is 3. The molecule has 3 aliphatic rings. The highest BCUT2D eigenvalue weighted by Gasteiger charge is 2.37. The summed E-state index contributed by atoms with van der Waals surface area (Å²) in [7, 11) is 0. The van der Waals surface area contributed by atoms with Crippen molar-refractivity contribution in [3.8, 4) is 5.75 Å². The minimum atomic E-state index is -0.321. The van der Waals surface area contributed by atoms with Gasteiger partial charge in [0.05, 0.1) is 19.3 Å². The predicted molar refractivity (Wildman–Crippen MR) is 76.6 cm³/mol. The first-order chi connectivity index (χ1) is 9.83. The van der Waals surface area contributed by atoms with Crippen molar-refractivity contribution in [1.82, 2.24) is 0 Å². The van der Waals surface area contributed by atoms with Crippen LogP contribution in [0.4, 0.5) is 0 Å². The molecule has 0 N–H and O–H groups in total. The van der Waals surface area contributed by atoms with Crippen LogP contribution in [-0.2, 0) is 9.47 Å². The van der Waals surface area contributed by atoms with E-state index in [-0.39, 0.29) is 5.79 Å². The molecule has 1 aliphatic heterocycles. The first kappa shape index (κ1) is 12.4. The van der Waals surface area contributed by atoms with Crippen LogP contribution >= 0.6 is 0 Å². The average molecular weight is 272 g/mol. The molecule has 0 radical (unpaired) electrons. The topological polar surface area (TPSA) is 27.7 Å². The van der Waals surface area contributed by atoms with Crippen LogP contribution in [0.25, 0.3) is 5.57 Å². The lowest BCUT2D eigenvalue weighted by atomic mass is 9.90. The summed E-state index contributed by atoms with van der Waals surface area (Å²) in [6.07, 6.45) is 7.98. The number of hydrogen-bond donors (Lipinski definition) is 0. The highest BCUT2D eigenvalue weighted by molar-refractivity contribution is 5.67. The van der Waals surface area contributed by atoms with Crippen LogP contribution in [0, 0.1) is 0 Å². The largest absolute Gasteiger partial charge is 0.490 e. The Bertz CT molecular complexity index is 508. The van der Waals surface area contributed by atoms with E-state index in [9.17, 15) is 0 Å². The van der Waals surface area contributed by atoms with E-state index in [0.717, 1.165) is 38.2 Å². The zero-order valence-electron chi connectivity index (χ0n) is 11.6. The monoisotopic (exact) mass is 272 g/mol. The van der Waals surface area contributed by atoms with Gasteiger partial charge in [-0.15, -0.1) is 0 Å². The summed E-state index contributed by atoms with van der Waals surface area (Å²) in [6.45, 7) is 1.47. The maximum atomic E-state index is 5.78. The van der Waals surface area contributed by atoms with E-state index >= 15 is 0 Å². The lowest BCUT2D eigenvalue weighted by Crippen LogP contribution is -2.31. The summed E-state index contributed by atoms with van der Waals surface area (Å²) in [5, 5.41) is 0. The third kappa shape index (κ3) is 2.48. The fourth-order valence-corrected chi connectivity index (χ4v) is 2.96. The first-order valence-electron chi connectivity index (χ1n) is 7.57. The van der Waals surface area contributed by atoms with E-state index in [2.05, 4.69) is 30.3 Å². The van der Waals surface area contributed by atoms with Crippen molar-refractivity contribution in [3.05, 3.63) is 35.9 Å². The van der Waals surface area contributed by atoms with Crippen LogP contribution in [0.15, 0.2) is 30.3 Å². The standard InChI is InChI=1S/C17H20O3/c1-3-15(20-16-5-6-16)4-2-13(1)14-7-9-17(10-8-14)18-11-12-19-17/h1-4,7,16H,5-6,8-12H2. The molecule has 20 heavy (non-hydrogen) atoms. The Morgan fingerprint density at radius 3 is 2.40 bits per heavy atom. The Hall–Kier alpha value is -1.32. The molecular formula is C17H20O3. The van der Waals surface area contributed by atoms with Gasteiger partial charge in [0.1, 0.15) is 5.75 Å². The van der Waals surface area contributed by atoms with Gasteiger partial charge in [0.2, 0.25) is 0 Å². The molecule has 1 aromatic carbocycles. The van der Waals surface area contributed by atoms with Gasteiger partial charge < -0.3 is 14.2 Å². The zero-order chi connectivity index (χ0) is 13.4. The van der Waals surface area contributed by atoms with E-state index in [1.807, 2.05) is 0 Å². The Balaban J connectivity index is 1.45. The SMILES string of the molecule is C1=C(c2ccc(OC3CC3)cc2)CCC2(C1)OCCO2. The molecule has 1 aromatic rings. The molecule has 2 aliphatic carbocycles. The molecule has 106 valence electrons. The highest BCUT2D eigenvalue weighted by Crippen LogP contribution is 2.38. The van der Waals surface area contributed by atoms with Gasteiger partial charge in [-0.2, -0.15) is 0 Å². The average Bonchev–Trinajstić information content (AvgIpc) is 3.19. The Kier molecular flexibility index (Phi) is 3.04. The Morgan fingerprint density at radius 1 is 1.05 bits per heavy atom. The third-order valence-electron chi connectivity index (χ3n) is 4.30. The second-order valence-corrected chi connectivity index (χ2v) is 5.88.